The third kappa shape index (κ3) is 1.89. The summed E-state index contributed by atoms with van der Waals surface area (Å²) in [5, 5.41) is 7.49. The summed E-state index contributed by atoms with van der Waals surface area (Å²) in [6.45, 7) is 5.16. The minimum absolute atomic E-state index is 0.674. The van der Waals surface area contributed by atoms with Crippen molar-refractivity contribution < 1.29 is 0 Å². The minimum atomic E-state index is 0.674. The molecule has 3 heterocycles. The Morgan fingerprint density at radius 1 is 1.25 bits per heavy atom. The number of nitrogens with zero attached hydrogens (tertiary/aromatic N) is 5. The number of nitrogens with one attached hydrogen (secondary N) is 1. The molecule has 0 amide bonds. The summed E-state index contributed by atoms with van der Waals surface area (Å²) in [5.41, 5.74) is 1.04. The number of hydrogen-bond acceptors (Lipinski definition) is 5. The molecular formula is C10H14N6. The molecule has 0 saturated carbocycles. The zero-order valence-corrected chi connectivity index (χ0v) is 9.00. The lowest BCUT2D eigenvalue weighted by Crippen LogP contribution is -2.42. The number of imidazole rings is 1. The van der Waals surface area contributed by atoms with Gasteiger partial charge in [0.1, 0.15) is 0 Å². The second kappa shape index (κ2) is 4.15. The maximum absolute atomic E-state index is 4.43. The van der Waals surface area contributed by atoms with Crippen LogP contribution in [0.2, 0.25) is 0 Å². The molecule has 2 aromatic heterocycles. The second-order valence-electron chi connectivity index (χ2n) is 3.95. The Labute approximate surface area is 93.3 Å². The summed E-state index contributed by atoms with van der Waals surface area (Å²) in [4.78, 5) is 11.0. The molecule has 0 unspecified atom stereocenters. The van der Waals surface area contributed by atoms with Gasteiger partial charge in [-0.1, -0.05) is 0 Å². The Bertz CT molecular complexity index is 440. The summed E-state index contributed by atoms with van der Waals surface area (Å²) in [7, 11) is 0. The van der Waals surface area contributed by atoms with Crippen molar-refractivity contribution in [1.82, 2.24) is 29.8 Å². The highest BCUT2D eigenvalue weighted by molar-refractivity contribution is 5.27. The van der Waals surface area contributed by atoms with E-state index < -0.39 is 0 Å². The van der Waals surface area contributed by atoms with Crippen LogP contribution in [0.5, 0.6) is 0 Å². The van der Waals surface area contributed by atoms with Crippen LogP contribution in [-0.4, -0.2) is 50.7 Å². The molecule has 2 aromatic rings. The first-order valence-electron chi connectivity index (χ1n) is 5.50. The molecule has 0 aliphatic carbocycles. The molecule has 84 valence electrons. The van der Waals surface area contributed by atoms with Crippen molar-refractivity contribution in [3.8, 4) is 0 Å². The summed E-state index contributed by atoms with van der Waals surface area (Å²) < 4.78 is 1.72. The summed E-state index contributed by atoms with van der Waals surface area (Å²) in [6, 6.07) is 0. The quantitative estimate of drug-likeness (QED) is 0.738. The van der Waals surface area contributed by atoms with Gasteiger partial charge in [-0.05, 0) is 0 Å². The van der Waals surface area contributed by atoms with Gasteiger partial charge in [-0.25, -0.2) is 14.5 Å². The third-order valence-electron chi connectivity index (χ3n) is 2.76. The van der Waals surface area contributed by atoms with Gasteiger partial charge in [-0.3, -0.25) is 4.90 Å². The van der Waals surface area contributed by atoms with E-state index >= 15 is 0 Å². The van der Waals surface area contributed by atoms with E-state index in [1.54, 1.807) is 16.9 Å². The van der Waals surface area contributed by atoms with Gasteiger partial charge in [0, 0.05) is 32.7 Å². The van der Waals surface area contributed by atoms with Gasteiger partial charge in [0.2, 0.25) is 0 Å². The van der Waals surface area contributed by atoms with Crippen molar-refractivity contribution in [2.45, 2.75) is 6.54 Å². The fourth-order valence-electron chi connectivity index (χ4n) is 1.96. The molecule has 6 heteroatoms. The molecule has 0 radical (unpaired) electrons. The predicted molar refractivity (Wildman–Crippen MR) is 58.9 cm³/mol. The fraction of sp³-hybridized carbons (Fsp3) is 0.500. The van der Waals surface area contributed by atoms with Crippen LogP contribution in [0, 0.1) is 0 Å². The van der Waals surface area contributed by atoms with Gasteiger partial charge >= 0.3 is 0 Å². The number of hydrogen-bond donors (Lipinski definition) is 1. The van der Waals surface area contributed by atoms with Crippen LogP contribution < -0.4 is 5.32 Å². The van der Waals surface area contributed by atoms with E-state index in [4.69, 9.17) is 0 Å². The molecule has 3 rings (SSSR count). The molecular weight excluding hydrogens is 204 g/mol. The fourth-order valence-corrected chi connectivity index (χ4v) is 1.96. The monoisotopic (exact) mass is 218 g/mol. The largest absolute Gasteiger partial charge is 0.314 e. The van der Waals surface area contributed by atoms with Crippen molar-refractivity contribution >= 4 is 5.78 Å². The molecule has 1 fully saturated rings. The SMILES string of the molecule is c1cnn2cc(CN3CCNCC3)nc2n1. The van der Waals surface area contributed by atoms with Crippen molar-refractivity contribution in [3.05, 3.63) is 24.3 Å². The van der Waals surface area contributed by atoms with E-state index in [9.17, 15) is 0 Å². The number of piperazine rings is 1. The Kier molecular flexibility index (Phi) is 2.51. The Morgan fingerprint density at radius 3 is 2.94 bits per heavy atom. The van der Waals surface area contributed by atoms with Gasteiger partial charge in [-0.2, -0.15) is 5.10 Å². The molecule has 1 aliphatic heterocycles. The highest BCUT2D eigenvalue weighted by atomic mass is 15.3. The molecule has 16 heavy (non-hydrogen) atoms. The van der Waals surface area contributed by atoms with Crippen molar-refractivity contribution in [1.29, 1.82) is 0 Å². The van der Waals surface area contributed by atoms with Gasteiger partial charge in [0.25, 0.3) is 5.78 Å². The first kappa shape index (κ1) is 9.68. The molecule has 0 spiro atoms. The molecule has 1 aliphatic rings. The average molecular weight is 218 g/mol. The second-order valence-corrected chi connectivity index (χ2v) is 3.95. The van der Waals surface area contributed by atoms with E-state index in [1.807, 2.05) is 6.20 Å². The number of fused-ring (bicyclic) bond motifs is 1. The van der Waals surface area contributed by atoms with Crippen LogP contribution in [0.3, 0.4) is 0 Å². The van der Waals surface area contributed by atoms with Crippen LogP contribution in [0.15, 0.2) is 18.6 Å². The Balaban J connectivity index is 1.78. The summed E-state index contributed by atoms with van der Waals surface area (Å²) in [6.07, 6.45) is 5.28. The third-order valence-corrected chi connectivity index (χ3v) is 2.76. The van der Waals surface area contributed by atoms with Crippen LogP contribution in [0.4, 0.5) is 0 Å². The standard InChI is InChI=1S/C10H14N6/c1-2-13-16-8-9(14-10(16)12-1)7-15-5-3-11-4-6-15/h1-2,8,11H,3-7H2. The first-order valence-corrected chi connectivity index (χ1v) is 5.50. The van der Waals surface area contributed by atoms with Gasteiger partial charge in [0.05, 0.1) is 24.3 Å². The smallest absolute Gasteiger partial charge is 0.250 e. The average Bonchev–Trinajstić information content (AvgIpc) is 2.72. The summed E-state index contributed by atoms with van der Waals surface area (Å²) >= 11 is 0. The van der Waals surface area contributed by atoms with E-state index in [0.717, 1.165) is 38.4 Å². The lowest BCUT2D eigenvalue weighted by molar-refractivity contribution is 0.231. The molecule has 0 atom stereocenters. The molecule has 0 aromatic carbocycles. The highest BCUT2D eigenvalue weighted by Crippen LogP contribution is 2.04. The van der Waals surface area contributed by atoms with Gasteiger partial charge < -0.3 is 5.32 Å². The topological polar surface area (TPSA) is 58.4 Å². The maximum atomic E-state index is 4.43. The molecule has 1 saturated heterocycles. The van der Waals surface area contributed by atoms with Crippen LogP contribution in [0.1, 0.15) is 5.69 Å². The molecule has 1 N–H and O–H groups in total. The van der Waals surface area contributed by atoms with Crippen LogP contribution in [0.25, 0.3) is 5.78 Å². The Hall–Kier alpha value is -1.53. The first-order chi connectivity index (χ1) is 7.92. The Morgan fingerprint density at radius 2 is 2.12 bits per heavy atom. The molecule has 6 nitrogen and oxygen atoms in total. The van der Waals surface area contributed by atoms with Crippen molar-refractivity contribution in [3.63, 3.8) is 0 Å². The highest BCUT2D eigenvalue weighted by Gasteiger charge is 2.12. The van der Waals surface area contributed by atoms with Crippen LogP contribution >= 0.6 is 0 Å². The lowest BCUT2D eigenvalue weighted by Gasteiger charge is -2.26. The van der Waals surface area contributed by atoms with E-state index in [2.05, 4.69) is 25.3 Å². The van der Waals surface area contributed by atoms with Gasteiger partial charge in [-0.15, -0.1) is 0 Å². The van der Waals surface area contributed by atoms with Crippen molar-refractivity contribution in [2.24, 2.45) is 0 Å². The predicted octanol–water partition coefficient (Wildman–Crippen LogP) is -0.471. The van der Waals surface area contributed by atoms with E-state index in [0.29, 0.717) is 5.78 Å². The van der Waals surface area contributed by atoms with Crippen LogP contribution in [-0.2, 0) is 6.54 Å². The minimum Gasteiger partial charge on any atom is -0.314 e. The lowest BCUT2D eigenvalue weighted by atomic mass is 10.3. The van der Waals surface area contributed by atoms with Gasteiger partial charge in [0.15, 0.2) is 0 Å². The number of aromatic nitrogens is 4. The number of rotatable bonds is 2. The molecule has 0 bridgehead atoms. The van der Waals surface area contributed by atoms with E-state index in [-0.39, 0.29) is 0 Å². The van der Waals surface area contributed by atoms with E-state index in [1.165, 1.54) is 0 Å². The zero-order chi connectivity index (χ0) is 10.8. The normalized spacial score (nSPS) is 18.0. The summed E-state index contributed by atoms with van der Waals surface area (Å²) in [5.74, 6) is 0.674. The zero-order valence-electron chi connectivity index (χ0n) is 9.00. The van der Waals surface area contributed by atoms with Crippen molar-refractivity contribution in [2.75, 3.05) is 26.2 Å². The maximum Gasteiger partial charge on any atom is 0.250 e.